The van der Waals surface area contributed by atoms with Crippen LogP contribution < -0.4 is 4.74 Å². The molecular formula is C23H15ClINO3. The molecule has 0 spiro atoms. The van der Waals surface area contributed by atoms with Crippen molar-refractivity contribution < 1.29 is 14.3 Å². The van der Waals surface area contributed by atoms with E-state index >= 15 is 0 Å². The van der Waals surface area contributed by atoms with Crippen molar-refractivity contribution in [2.75, 3.05) is 0 Å². The predicted molar refractivity (Wildman–Crippen MR) is 122 cm³/mol. The van der Waals surface area contributed by atoms with Crippen LogP contribution in [0.2, 0.25) is 5.02 Å². The summed E-state index contributed by atoms with van der Waals surface area (Å²) >= 11 is 8.41. The maximum absolute atomic E-state index is 12.3. The largest absolute Gasteiger partial charge is 0.488 e. The van der Waals surface area contributed by atoms with E-state index in [-0.39, 0.29) is 5.70 Å². The number of ether oxygens (including phenoxy) is 2. The van der Waals surface area contributed by atoms with Crippen molar-refractivity contribution in [1.82, 2.24) is 0 Å². The predicted octanol–water partition coefficient (Wildman–Crippen LogP) is 5.87. The number of nitrogens with zero attached hydrogens (tertiary/aromatic N) is 1. The molecule has 0 aliphatic carbocycles. The molecule has 0 bridgehead atoms. The Kier molecular flexibility index (Phi) is 5.97. The fourth-order valence-corrected chi connectivity index (χ4v) is 3.54. The summed E-state index contributed by atoms with van der Waals surface area (Å²) in [4.78, 5) is 16.7. The van der Waals surface area contributed by atoms with Gasteiger partial charge in [-0.1, -0.05) is 54.1 Å². The number of aliphatic imine (C=N–C) groups is 1. The lowest BCUT2D eigenvalue weighted by molar-refractivity contribution is -0.129. The number of esters is 1. The lowest BCUT2D eigenvalue weighted by Crippen LogP contribution is -2.05. The molecule has 0 N–H and O–H groups in total. The number of hydrogen-bond acceptors (Lipinski definition) is 4. The number of para-hydroxylation sites is 1. The SMILES string of the molecule is O=C1OC(c2cccc(I)c2)=N/C1=C\c1ccccc1OCc1ccccc1Cl. The average Bonchev–Trinajstić information content (AvgIpc) is 3.09. The lowest BCUT2D eigenvalue weighted by Gasteiger charge is -2.10. The summed E-state index contributed by atoms with van der Waals surface area (Å²) in [5.74, 6) is 0.444. The average molecular weight is 516 g/mol. The maximum atomic E-state index is 12.3. The fraction of sp³-hybridized carbons (Fsp3) is 0.0435. The van der Waals surface area contributed by atoms with Crippen molar-refractivity contribution in [2.24, 2.45) is 4.99 Å². The highest BCUT2D eigenvalue weighted by Gasteiger charge is 2.24. The van der Waals surface area contributed by atoms with Gasteiger partial charge in [0.05, 0.1) is 0 Å². The fourth-order valence-electron chi connectivity index (χ4n) is 2.80. The number of carbonyl (C=O) groups excluding carboxylic acids is 1. The van der Waals surface area contributed by atoms with E-state index in [1.807, 2.05) is 72.8 Å². The van der Waals surface area contributed by atoms with E-state index in [1.165, 1.54) is 0 Å². The van der Waals surface area contributed by atoms with Crippen molar-refractivity contribution in [3.63, 3.8) is 0 Å². The van der Waals surface area contributed by atoms with E-state index in [1.54, 1.807) is 6.08 Å². The lowest BCUT2D eigenvalue weighted by atomic mass is 10.1. The molecule has 3 aromatic carbocycles. The van der Waals surface area contributed by atoms with Gasteiger partial charge >= 0.3 is 5.97 Å². The summed E-state index contributed by atoms with van der Waals surface area (Å²) in [7, 11) is 0. The Labute approximate surface area is 187 Å². The van der Waals surface area contributed by atoms with E-state index in [4.69, 9.17) is 21.1 Å². The van der Waals surface area contributed by atoms with Gasteiger partial charge in [-0.05, 0) is 59.0 Å². The summed E-state index contributed by atoms with van der Waals surface area (Å²) in [5, 5.41) is 0.648. The van der Waals surface area contributed by atoms with Gasteiger partial charge in [-0.3, -0.25) is 0 Å². The Bertz CT molecular complexity index is 1140. The third-order valence-electron chi connectivity index (χ3n) is 4.24. The minimum absolute atomic E-state index is 0.229. The van der Waals surface area contributed by atoms with Crippen LogP contribution in [0.1, 0.15) is 16.7 Å². The molecule has 0 aromatic heterocycles. The molecule has 4 rings (SSSR count). The van der Waals surface area contributed by atoms with Crippen LogP contribution in [0.25, 0.3) is 6.08 Å². The number of rotatable bonds is 5. The summed E-state index contributed by atoms with van der Waals surface area (Å²) in [6, 6.07) is 22.6. The van der Waals surface area contributed by atoms with Gasteiger partial charge in [-0.2, -0.15) is 0 Å². The van der Waals surface area contributed by atoms with E-state index in [2.05, 4.69) is 27.6 Å². The van der Waals surface area contributed by atoms with Crippen molar-refractivity contribution in [1.29, 1.82) is 0 Å². The summed E-state index contributed by atoms with van der Waals surface area (Å²) in [6.45, 7) is 0.321. The smallest absolute Gasteiger partial charge is 0.363 e. The van der Waals surface area contributed by atoms with Crippen molar-refractivity contribution in [2.45, 2.75) is 6.61 Å². The van der Waals surface area contributed by atoms with Gasteiger partial charge < -0.3 is 9.47 Å². The van der Waals surface area contributed by atoms with Crippen LogP contribution >= 0.6 is 34.2 Å². The monoisotopic (exact) mass is 515 g/mol. The zero-order chi connectivity index (χ0) is 20.2. The van der Waals surface area contributed by atoms with Crippen LogP contribution in [0.4, 0.5) is 0 Å². The Morgan fingerprint density at radius 3 is 2.66 bits per heavy atom. The van der Waals surface area contributed by atoms with Crippen molar-refractivity contribution in [3.8, 4) is 5.75 Å². The van der Waals surface area contributed by atoms with Crippen LogP contribution in [-0.4, -0.2) is 11.9 Å². The van der Waals surface area contributed by atoms with Crippen LogP contribution in [-0.2, 0) is 16.1 Å². The van der Waals surface area contributed by atoms with Crippen LogP contribution in [0.5, 0.6) is 5.75 Å². The molecule has 1 aliphatic rings. The topological polar surface area (TPSA) is 47.9 Å². The molecule has 6 heteroatoms. The number of benzene rings is 3. The molecule has 29 heavy (non-hydrogen) atoms. The molecule has 144 valence electrons. The molecule has 0 radical (unpaired) electrons. The van der Waals surface area contributed by atoms with E-state index in [9.17, 15) is 4.79 Å². The van der Waals surface area contributed by atoms with E-state index in [0.29, 0.717) is 23.3 Å². The second-order valence-electron chi connectivity index (χ2n) is 6.26. The van der Waals surface area contributed by atoms with E-state index in [0.717, 1.165) is 20.3 Å². The Hall–Kier alpha value is -2.64. The van der Waals surface area contributed by atoms with Gasteiger partial charge in [-0.15, -0.1) is 0 Å². The molecule has 1 heterocycles. The zero-order valence-corrected chi connectivity index (χ0v) is 18.1. The minimum Gasteiger partial charge on any atom is -0.488 e. The van der Waals surface area contributed by atoms with Crippen LogP contribution in [0.15, 0.2) is 83.5 Å². The molecule has 0 saturated heterocycles. The van der Waals surface area contributed by atoms with Gasteiger partial charge in [0.1, 0.15) is 12.4 Å². The Balaban J connectivity index is 1.59. The molecule has 4 nitrogen and oxygen atoms in total. The molecule has 0 saturated carbocycles. The molecule has 0 amide bonds. The van der Waals surface area contributed by atoms with Gasteiger partial charge in [-0.25, -0.2) is 9.79 Å². The van der Waals surface area contributed by atoms with Crippen LogP contribution in [0.3, 0.4) is 0 Å². The minimum atomic E-state index is -0.486. The summed E-state index contributed by atoms with van der Waals surface area (Å²) in [6.07, 6.45) is 1.67. The first kappa shape index (κ1) is 19.7. The van der Waals surface area contributed by atoms with Crippen molar-refractivity contribution >= 4 is 52.1 Å². The van der Waals surface area contributed by atoms with Gasteiger partial charge in [0.2, 0.25) is 5.90 Å². The maximum Gasteiger partial charge on any atom is 0.363 e. The summed E-state index contributed by atoms with van der Waals surface area (Å²) < 4.78 is 12.3. The Morgan fingerprint density at radius 1 is 1.03 bits per heavy atom. The highest BCUT2D eigenvalue weighted by atomic mass is 127. The highest BCUT2D eigenvalue weighted by molar-refractivity contribution is 14.1. The van der Waals surface area contributed by atoms with Crippen molar-refractivity contribution in [3.05, 3.63) is 104 Å². The second kappa shape index (κ2) is 8.80. The first-order valence-electron chi connectivity index (χ1n) is 8.84. The Morgan fingerprint density at radius 2 is 1.83 bits per heavy atom. The molecule has 0 atom stereocenters. The number of halogens is 2. The van der Waals surface area contributed by atoms with Gasteiger partial charge in [0, 0.05) is 25.3 Å². The standard InChI is InChI=1S/C23H15ClINO3/c24-19-10-3-1-7-17(19)14-28-21-11-4-2-6-15(21)13-20-23(27)29-22(26-20)16-8-5-9-18(25)12-16/h1-13H,14H2/b20-13-. The van der Waals surface area contributed by atoms with Gasteiger partial charge in [0.15, 0.2) is 5.70 Å². The third kappa shape index (κ3) is 4.68. The highest BCUT2D eigenvalue weighted by Crippen LogP contribution is 2.26. The first-order chi connectivity index (χ1) is 14.1. The zero-order valence-electron chi connectivity index (χ0n) is 15.1. The number of carbonyl (C=O) groups is 1. The number of cyclic esters (lactones) is 1. The second-order valence-corrected chi connectivity index (χ2v) is 7.92. The molecule has 1 aliphatic heterocycles. The quantitative estimate of drug-likeness (QED) is 0.243. The number of hydrogen-bond donors (Lipinski definition) is 0. The third-order valence-corrected chi connectivity index (χ3v) is 5.28. The normalized spacial score (nSPS) is 14.6. The summed E-state index contributed by atoms with van der Waals surface area (Å²) in [5.41, 5.74) is 2.61. The van der Waals surface area contributed by atoms with E-state index < -0.39 is 5.97 Å². The molecule has 0 fully saturated rings. The molecular weight excluding hydrogens is 501 g/mol. The molecule has 3 aromatic rings. The van der Waals surface area contributed by atoms with Gasteiger partial charge in [0.25, 0.3) is 0 Å². The first-order valence-corrected chi connectivity index (χ1v) is 10.3. The molecule has 0 unspecified atom stereocenters. The van der Waals surface area contributed by atoms with Crippen LogP contribution in [0, 0.1) is 3.57 Å².